The van der Waals surface area contributed by atoms with E-state index in [-0.39, 0.29) is 12.1 Å². The van der Waals surface area contributed by atoms with Gasteiger partial charge in [0.2, 0.25) is 0 Å². The molecular weight excluding hydrogens is 326 g/mol. The molecule has 5 nitrogen and oxygen atoms in total. The Morgan fingerprint density at radius 1 is 1.08 bits per heavy atom. The summed E-state index contributed by atoms with van der Waals surface area (Å²) in [6.07, 6.45) is 3.56. The lowest BCUT2D eigenvalue weighted by atomic mass is 10.0. The number of carbonyl (C=O) groups excluding carboxylic acids is 1. The van der Waals surface area contributed by atoms with Crippen molar-refractivity contribution in [2.24, 2.45) is 0 Å². The van der Waals surface area contributed by atoms with Crippen LogP contribution >= 0.6 is 0 Å². The molecule has 0 fully saturated rings. The van der Waals surface area contributed by atoms with E-state index in [0.717, 1.165) is 28.2 Å². The Morgan fingerprint density at radius 2 is 1.73 bits per heavy atom. The molecule has 5 heteroatoms. The molecular formula is C21H23N3O2. The molecule has 0 aliphatic carbocycles. The zero-order valence-corrected chi connectivity index (χ0v) is 15.3. The minimum absolute atomic E-state index is 0.0882. The van der Waals surface area contributed by atoms with E-state index in [1.54, 1.807) is 24.3 Å². The van der Waals surface area contributed by atoms with Gasteiger partial charge in [-0.3, -0.25) is 4.98 Å². The molecule has 1 aromatic carbocycles. The van der Waals surface area contributed by atoms with E-state index in [9.17, 15) is 4.79 Å². The molecule has 0 saturated heterocycles. The van der Waals surface area contributed by atoms with Crippen LogP contribution in [0.4, 0.5) is 4.79 Å². The van der Waals surface area contributed by atoms with E-state index >= 15 is 0 Å². The second-order valence-corrected chi connectivity index (χ2v) is 6.40. The third-order valence-electron chi connectivity index (χ3n) is 4.30. The predicted molar refractivity (Wildman–Crippen MR) is 102 cm³/mol. The average Bonchev–Trinajstić information content (AvgIpc) is 3.07. The van der Waals surface area contributed by atoms with Gasteiger partial charge in [-0.15, -0.1) is 0 Å². The first kappa shape index (κ1) is 17.7. The summed E-state index contributed by atoms with van der Waals surface area (Å²) < 4.78 is 5.52. The maximum atomic E-state index is 12.4. The summed E-state index contributed by atoms with van der Waals surface area (Å²) in [6.45, 7) is 4.30. The molecule has 0 unspecified atom stereocenters. The number of aryl methyl sites for hydroxylation is 1. The van der Waals surface area contributed by atoms with E-state index in [1.165, 1.54) is 0 Å². The van der Waals surface area contributed by atoms with Crippen LogP contribution < -0.4 is 5.32 Å². The summed E-state index contributed by atoms with van der Waals surface area (Å²) in [5, 5.41) is 3.02. The van der Waals surface area contributed by atoms with Crippen LogP contribution in [0.5, 0.6) is 0 Å². The van der Waals surface area contributed by atoms with Crippen LogP contribution in [0.25, 0.3) is 11.1 Å². The number of furan rings is 1. The highest BCUT2D eigenvalue weighted by atomic mass is 16.3. The highest BCUT2D eigenvalue weighted by molar-refractivity contribution is 5.74. The molecule has 26 heavy (non-hydrogen) atoms. The number of urea groups is 1. The van der Waals surface area contributed by atoms with E-state index in [4.69, 9.17) is 4.42 Å². The Balaban J connectivity index is 1.60. The number of benzene rings is 1. The van der Waals surface area contributed by atoms with Gasteiger partial charge in [-0.05, 0) is 54.8 Å². The number of hydrogen-bond acceptors (Lipinski definition) is 3. The minimum atomic E-state index is -0.134. The Bertz CT molecular complexity index is 856. The number of aromatic nitrogens is 1. The second-order valence-electron chi connectivity index (χ2n) is 6.40. The molecule has 2 heterocycles. The number of nitrogens with zero attached hydrogens (tertiary/aromatic N) is 2. The smallest absolute Gasteiger partial charge is 0.318 e. The number of carbonyl (C=O) groups is 1. The van der Waals surface area contributed by atoms with Gasteiger partial charge in [0.05, 0.1) is 12.6 Å². The zero-order chi connectivity index (χ0) is 18.5. The Morgan fingerprint density at radius 3 is 2.35 bits per heavy atom. The van der Waals surface area contributed by atoms with Gasteiger partial charge in [-0.2, -0.15) is 0 Å². The topological polar surface area (TPSA) is 58.4 Å². The number of rotatable bonds is 5. The van der Waals surface area contributed by atoms with Crippen molar-refractivity contribution in [1.82, 2.24) is 15.2 Å². The van der Waals surface area contributed by atoms with Crippen LogP contribution in [0.3, 0.4) is 0 Å². The van der Waals surface area contributed by atoms with Gasteiger partial charge in [-0.1, -0.05) is 24.3 Å². The number of nitrogens with one attached hydrogen (secondary N) is 1. The lowest BCUT2D eigenvalue weighted by molar-refractivity contribution is 0.199. The molecule has 0 spiro atoms. The fourth-order valence-electron chi connectivity index (χ4n) is 2.76. The van der Waals surface area contributed by atoms with Crippen molar-refractivity contribution >= 4 is 6.03 Å². The SMILES string of the molecule is Cc1ccc(CN(C)C(=O)N[C@H](C)c2ccc(-c3ccncc3)cc2)o1. The molecule has 1 atom stereocenters. The molecule has 0 aliphatic rings. The lowest BCUT2D eigenvalue weighted by Gasteiger charge is -2.21. The molecule has 2 amide bonds. The normalized spacial score (nSPS) is 11.8. The van der Waals surface area contributed by atoms with Crippen molar-refractivity contribution in [3.05, 3.63) is 78.0 Å². The Kier molecular flexibility index (Phi) is 5.37. The van der Waals surface area contributed by atoms with Crippen molar-refractivity contribution < 1.29 is 9.21 Å². The monoisotopic (exact) mass is 349 g/mol. The number of hydrogen-bond donors (Lipinski definition) is 1. The largest absolute Gasteiger partial charge is 0.464 e. The Hall–Kier alpha value is -3.08. The number of amides is 2. The molecule has 0 radical (unpaired) electrons. The molecule has 3 aromatic rings. The summed E-state index contributed by atoms with van der Waals surface area (Å²) in [5.74, 6) is 1.62. The van der Waals surface area contributed by atoms with Crippen LogP contribution in [0.2, 0.25) is 0 Å². The zero-order valence-electron chi connectivity index (χ0n) is 15.3. The maximum Gasteiger partial charge on any atom is 0.318 e. The summed E-state index contributed by atoms with van der Waals surface area (Å²) >= 11 is 0. The molecule has 1 N–H and O–H groups in total. The lowest BCUT2D eigenvalue weighted by Crippen LogP contribution is -2.38. The summed E-state index contributed by atoms with van der Waals surface area (Å²) in [5.41, 5.74) is 3.30. The van der Waals surface area contributed by atoms with Crippen LogP contribution in [0.1, 0.15) is 30.0 Å². The van der Waals surface area contributed by atoms with Crippen molar-refractivity contribution in [1.29, 1.82) is 0 Å². The van der Waals surface area contributed by atoms with Gasteiger partial charge in [0.15, 0.2) is 0 Å². The van der Waals surface area contributed by atoms with Gasteiger partial charge in [0, 0.05) is 19.4 Å². The van der Waals surface area contributed by atoms with Crippen molar-refractivity contribution in [2.45, 2.75) is 26.4 Å². The molecule has 0 aliphatic heterocycles. The van der Waals surface area contributed by atoms with Gasteiger partial charge in [0.25, 0.3) is 0 Å². The molecule has 134 valence electrons. The van der Waals surface area contributed by atoms with E-state index in [2.05, 4.69) is 22.4 Å². The molecule has 3 rings (SSSR count). The van der Waals surface area contributed by atoms with Gasteiger partial charge < -0.3 is 14.6 Å². The summed E-state index contributed by atoms with van der Waals surface area (Å²) in [7, 11) is 1.76. The van der Waals surface area contributed by atoms with E-state index in [1.807, 2.05) is 50.2 Å². The minimum Gasteiger partial charge on any atom is -0.464 e. The van der Waals surface area contributed by atoms with Gasteiger partial charge in [-0.25, -0.2) is 4.79 Å². The second kappa shape index (κ2) is 7.87. The first-order chi connectivity index (χ1) is 12.5. The van der Waals surface area contributed by atoms with Gasteiger partial charge in [0.1, 0.15) is 11.5 Å². The summed E-state index contributed by atoms with van der Waals surface area (Å²) in [4.78, 5) is 18.0. The third kappa shape index (κ3) is 4.30. The van der Waals surface area contributed by atoms with Crippen LogP contribution in [-0.2, 0) is 6.54 Å². The van der Waals surface area contributed by atoms with Crippen LogP contribution in [0, 0.1) is 6.92 Å². The first-order valence-electron chi connectivity index (χ1n) is 8.60. The quantitative estimate of drug-likeness (QED) is 0.735. The van der Waals surface area contributed by atoms with Gasteiger partial charge >= 0.3 is 6.03 Å². The van der Waals surface area contributed by atoms with E-state index in [0.29, 0.717) is 6.54 Å². The number of pyridine rings is 1. The fourth-order valence-corrected chi connectivity index (χ4v) is 2.76. The third-order valence-corrected chi connectivity index (χ3v) is 4.30. The van der Waals surface area contributed by atoms with Crippen LogP contribution in [0.15, 0.2) is 65.3 Å². The molecule has 0 bridgehead atoms. The summed E-state index contributed by atoms with van der Waals surface area (Å²) in [6, 6.07) is 15.7. The molecule has 2 aromatic heterocycles. The predicted octanol–water partition coefficient (Wildman–Crippen LogP) is 4.55. The highest BCUT2D eigenvalue weighted by Gasteiger charge is 2.15. The molecule has 0 saturated carbocycles. The van der Waals surface area contributed by atoms with Crippen molar-refractivity contribution in [3.63, 3.8) is 0 Å². The first-order valence-corrected chi connectivity index (χ1v) is 8.60. The fraction of sp³-hybridized carbons (Fsp3) is 0.238. The van der Waals surface area contributed by atoms with E-state index < -0.39 is 0 Å². The maximum absolute atomic E-state index is 12.4. The highest BCUT2D eigenvalue weighted by Crippen LogP contribution is 2.21. The standard InChI is InChI=1S/C21H23N3O2/c1-15-4-9-20(26-15)14-24(3)21(25)23-16(2)17-5-7-18(8-6-17)19-10-12-22-13-11-19/h4-13,16H,14H2,1-3H3,(H,23,25)/t16-/m1/s1. The average molecular weight is 349 g/mol. The van der Waals surface area contributed by atoms with Crippen molar-refractivity contribution in [2.75, 3.05) is 7.05 Å². The Labute approximate surface area is 153 Å². The van der Waals surface area contributed by atoms with Crippen molar-refractivity contribution in [3.8, 4) is 11.1 Å². The van der Waals surface area contributed by atoms with Crippen LogP contribution in [-0.4, -0.2) is 23.0 Å².